The van der Waals surface area contributed by atoms with Crippen molar-refractivity contribution in [3.63, 3.8) is 0 Å². The highest BCUT2D eigenvalue weighted by Gasteiger charge is 2.61. The highest BCUT2D eigenvalue weighted by atomic mass is 16.6. The molecule has 180 valence electrons. The molecule has 0 bridgehead atoms. The summed E-state index contributed by atoms with van der Waals surface area (Å²) >= 11 is 0. The zero-order chi connectivity index (χ0) is 24.3. The molecular formula is C24H29N5O5. The monoisotopic (exact) mass is 467 g/mol. The maximum atomic E-state index is 13.0. The van der Waals surface area contributed by atoms with Crippen molar-refractivity contribution in [2.24, 2.45) is 5.73 Å². The number of carbonyl (C=O) groups excluding carboxylic acids is 2. The first-order chi connectivity index (χ1) is 16.4. The van der Waals surface area contributed by atoms with Crippen LogP contribution in [0.25, 0.3) is 0 Å². The van der Waals surface area contributed by atoms with E-state index in [-0.39, 0.29) is 6.61 Å². The summed E-state index contributed by atoms with van der Waals surface area (Å²) in [4.78, 5) is 31.7. The molecule has 1 fully saturated rings. The van der Waals surface area contributed by atoms with Crippen molar-refractivity contribution in [2.75, 3.05) is 25.6 Å². The fourth-order valence-electron chi connectivity index (χ4n) is 3.93. The number of hydrogen-bond donors (Lipinski definition) is 4. The Morgan fingerprint density at radius 3 is 2.85 bits per heavy atom. The number of aromatic nitrogens is 1. The molecule has 2 aromatic rings. The van der Waals surface area contributed by atoms with Crippen LogP contribution in [0.3, 0.4) is 0 Å². The van der Waals surface area contributed by atoms with Gasteiger partial charge in [-0.2, -0.15) is 0 Å². The number of nitrogens with one attached hydrogen (secondary N) is 2. The number of benzene rings is 1. The van der Waals surface area contributed by atoms with E-state index in [9.17, 15) is 14.7 Å². The summed E-state index contributed by atoms with van der Waals surface area (Å²) < 4.78 is 10.8. The Kier molecular flexibility index (Phi) is 6.82. The van der Waals surface area contributed by atoms with Gasteiger partial charge in [-0.3, -0.25) is 14.6 Å². The van der Waals surface area contributed by atoms with Crippen molar-refractivity contribution in [2.45, 2.75) is 37.8 Å². The number of anilines is 1. The molecule has 0 saturated carbocycles. The van der Waals surface area contributed by atoms with Crippen LogP contribution in [0.5, 0.6) is 5.75 Å². The highest BCUT2D eigenvalue weighted by Crippen LogP contribution is 2.35. The van der Waals surface area contributed by atoms with Crippen LogP contribution in [0, 0.1) is 0 Å². The van der Waals surface area contributed by atoms with Crippen molar-refractivity contribution in [3.05, 3.63) is 65.6 Å². The summed E-state index contributed by atoms with van der Waals surface area (Å²) in [5, 5.41) is 16.7. The van der Waals surface area contributed by atoms with Gasteiger partial charge >= 0.3 is 0 Å². The van der Waals surface area contributed by atoms with Crippen LogP contribution in [-0.4, -0.2) is 58.8 Å². The van der Waals surface area contributed by atoms with Crippen molar-refractivity contribution in [1.29, 1.82) is 0 Å². The van der Waals surface area contributed by atoms with E-state index < -0.39 is 29.6 Å². The van der Waals surface area contributed by atoms with Gasteiger partial charge in [-0.1, -0.05) is 18.2 Å². The molecule has 1 saturated heterocycles. The average Bonchev–Trinajstić information content (AvgIpc) is 3.55. The highest BCUT2D eigenvalue weighted by molar-refractivity contribution is 5.96. The second-order valence-electron chi connectivity index (χ2n) is 8.32. The molecule has 3 atom stereocenters. The second-order valence-corrected chi connectivity index (χ2v) is 8.32. The second kappa shape index (κ2) is 9.80. The summed E-state index contributed by atoms with van der Waals surface area (Å²) in [6, 6.07) is 8.77. The quantitative estimate of drug-likeness (QED) is 0.397. The first-order valence-electron chi connectivity index (χ1n) is 11.0. The molecule has 0 spiro atoms. The van der Waals surface area contributed by atoms with Crippen molar-refractivity contribution >= 4 is 17.5 Å². The molecule has 0 radical (unpaired) electrons. The van der Waals surface area contributed by atoms with Crippen LogP contribution in [-0.2, 0) is 27.4 Å². The molecule has 5 N–H and O–H groups in total. The zero-order valence-electron chi connectivity index (χ0n) is 19.2. The number of hydrogen-bond acceptors (Lipinski definition) is 8. The SMILES string of the molecule is COc1cc([C@@H](C)NC(=O)[C@]2([C@@H](O)C(=O)N3Cc4cccnc4C3)CO2)ccc1N/C=C\CN. The normalized spacial score (nSPS) is 20.5. The van der Waals surface area contributed by atoms with Gasteiger partial charge < -0.3 is 35.8 Å². The van der Waals surface area contributed by atoms with Crippen LogP contribution in [0.2, 0.25) is 0 Å². The van der Waals surface area contributed by atoms with E-state index in [2.05, 4.69) is 15.6 Å². The van der Waals surface area contributed by atoms with Gasteiger partial charge in [0.15, 0.2) is 6.10 Å². The summed E-state index contributed by atoms with van der Waals surface area (Å²) in [5.74, 6) is -0.501. The number of nitrogens with two attached hydrogens (primary N) is 1. The first kappa shape index (κ1) is 23.7. The topological polar surface area (TPSA) is 142 Å². The average molecular weight is 468 g/mol. The molecule has 2 amide bonds. The number of nitrogens with zero attached hydrogens (tertiary/aromatic N) is 2. The van der Waals surface area contributed by atoms with Crippen LogP contribution in [0.4, 0.5) is 5.69 Å². The van der Waals surface area contributed by atoms with Crippen LogP contribution < -0.4 is 21.1 Å². The van der Waals surface area contributed by atoms with Crippen molar-refractivity contribution < 1.29 is 24.2 Å². The molecule has 0 unspecified atom stereocenters. The number of ether oxygens (including phenoxy) is 2. The Bertz CT molecular complexity index is 1080. The first-order valence-corrected chi connectivity index (χ1v) is 11.0. The Morgan fingerprint density at radius 1 is 1.38 bits per heavy atom. The smallest absolute Gasteiger partial charge is 0.258 e. The summed E-state index contributed by atoms with van der Waals surface area (Å²) in [7, 11) is 1.56. The largest absolute Gasteiger partial charge is 0.495 e. The number of fused-ring (bicyclic) bond motifs is 1. The molecule has 3 heterocycles. The Hall–Kier alpha value is -3.47. The number of methoxy groups -OCH3 is 1. The van der Waals surface area contributed by atoms with Crippen LogP contribution >= 0.6 is 0 Å². The lowest BCUT2D eigenvalue weighted by Crippen LogP contribution is -2.53. The van der Waals surface area contributed by atoms with Gasteiger partial charge in [0.05, 0.1) is 37.7 Å². The maximum Gasteiger partial charge on any atom is 0.258 e. The van der Waals surface area contributed by atoms with Gasteiger partial charge in [0.25, 0.3) is 11.8 Å². The Labute approximate surface area is 197 Å². The predicted octanol–water partition coefficient (Wildman–Crippen LogP) is 0.824. The number of pyridine rings is 1. The van der Waals surface area contributed by atoms with Crippen LogP contribution in [0.1, 0.15) is 29.8 Å². The molecule has 2 aliphatic rings. The number of amides is 2. The minimum absolute atomic E-state index is 0.0306. The Morgan fingerprint density at radius 2 is 2.18 bits per heavy atom. The van der Waals surface area contributed by atoms with E-state index in [1.807, 2.05) is 18.2 Å². The molecular weight excluding hydrogens is 438 g/mol. The van der Waals surface area contributed by atoms with Gasteiger partial charge in [-0.05, 0) is 42.4 Å². The van der Waals surface area contributed by atoms with E-state index in [1.54, 1.807) is 44.6 Å². The third kappa shape index (κ3) is 4.60. The molecule has 10 heteroatoms. The lowest BCUT2D eigenvalue weighted by Gasteiger charge is -2.25. The summed E-state index contributed by atoms with van der Waals surface area (Å²) in [6.07, 6.45) is 3.56. The Balaban J connectivity index is 1.41. The minimum Gasteiger partial charge on any atom is -0.495 e. The van der Waals surface area contributed by atoms with Gasteiger partial charge in [-0.15, -0.1) is 0 Å². The van der Waals surface area contributed by atoms with Gasteiger partial charge in [0.2, 0.25) is 5.60 Å². The van der Waals surface area contributed by atoms with Gasteiger partial charge in [0, 0.05) is 19.3 Å². The fourth-order valence-corrected chi connectivity index (χ4v) is 3.93. The molecule has 1 aromatic heterocycles. The van der Waals surface area contributed by atoms with Gasteiger partial charge in [0.1, 0.15) is 5.75 Å². The molecule has 34 heavy (non-hydrogen) atoms. The number of rotatable bonds is 9. The van der Waals surface area contributed by atoms with E-state index in [0.29, 0.717) is 25.4 Å². The predicted molar refractivity (Wildman–Crippen MR) is 125 cm³/mol. The van der Waals surface area contributed by atoms with Crippen LogP contribution in [0.15, 0.2) is 48.8 Å². The number of carbonyl (C=O) groups is 2. The number of aliphatic hydroxyl groups excluding tert-OH is 1. The molecule has 4 rings (SSSR count). The van der Waals surface area contributed by atoms with E-state index in [0.717, 1.165) is 22.5 Å². The molecule has 2 aliphatic heterocycles. The van der Waals surface area contributed by atoms with Crippen molar-refractivity contribution in [1.82, 2.24) is 15.2 Å². The van der Waals surface area contributed by atoms with E-state index in [4.69, 9.17) is 15.2 Å². The third-order valence-corrected chi connectivity index (χ3v) is 6.08. The molecule has 10 nitrogen and oxygen atoms in total. The summed E-state index contributed by atoms with van der Waals surface area (Å²) in [5.41, 5.74) is 7.12. The fraction of sp³-hybridized carbons (Fsp3) is 0.375. The number of aliphatic hydroxyl groups is 1. The third-order valence-electron chi connectivity index (χ3n) is 6.08. The molecule has 1 aromatic carbocycles. The minimum atomic E-state index is -1.61. The molecule has 0 aliphatic carbocycles. The summed E-state index contributed by atoms with van der Waals surface area (Å²) in [6.45, 7) is 2.82. The van der Waals surface area contributed by atoms with E-state index in [1.165, 1.54) is 4.90 Å². The standard InChI is InChI=1S/C24H29N5O5/c1-15(16-6-7-18(20(11-16)33-2)26-10-4-8-25)28-23(32)24(14-34-24)21(30)22(31)29-12-17-5-3-9-27-19(17)13-29/h3-7,9-11,15,21,26,30H,8,12-14,25H2,1-2H3,(H,28,32)/b10-4-/t15-,21+,24-/m1/s1. The number of epoxide rings is 1. The lowest BCUT2D eigenvalue weighted by atomic mass is 9.99. The van der Waals surface area contributed by atoms with Gasteiger partial charge in [-0.25, -0.2) is 0 Å². The maximum absolute atomic E-state index is 13.0. The van der Waals surface area contributed by atoms with E-state index >= 15 is 0 Å². The lowest BCUT2D eigenvalue weighted by molar-refractivity contribution is -0.150. The van der Waals surface area contributed by atoms with Crippen molar-refractivity contribution in [3.8, 4) is 5.75 Å². The zero-order valence-corrected chi connectivity index (χ0v) is 19.2.